The van der Waals surface area contributed by atoms with Crippen molar-refractivity contribution in [3.63, 3.8) is 0 Å². The summed E-state index contributed by atoms with van der Waals surface area (Å²) in [5.74, 6) is 0.350. The number of amides is 2. The first-order chi connectivity index (χ1) is 19.8. The number of anilines is 2. The number of hydrogen-bond donors (Lipinski definition) is 2. The van der Waals surface area contributed by atoms with Crippen molar-refractivity contribution in [3.05, 3.63) is 31.4 Å². The number of fused-ring (bicyclic) bond motifs is 1. The topological polar surface area (TPSA) is 145 Å². The molecule has 2 unspecified atom stereocenters. The number of ether oxygens (including phenoxy) is 2. The summed E-state index contributed by atoms with van der Waals surface area (Å²) < 4.78 is 39.9. The van der Waals surface area contributed by atoms with E-state index >= 15 is 0 Å². The van der Waals surface area contributed by atoms with Gasteiger partial charge in [0.2, 0.25) is 17.8 Å². The summed E-state index contributed by atoms with van der Waals surface area (Å²) in [6.45, 7) is 4.27. The van der Waals surface area contributed by atoms with Gasteiger partial charge in [0.15, 0.2) is 17.0 Å². The highest BCUT2D eigenvalue weighted by atomic mass is 19.3. The van der Waals surface area contributed by atoms with Crippen LogP contribution in [-0.2, 0) is 19.1 Å². The second-order valence-electron chi connectivity index (χ2n) is 10.2. The van der Waals surface area contributed by atoms with E-state index in [0.717, 1.165) is 0 Å². The Bertz CT molecular complexity index is 1460. The number of aromatic nitrogens is 6. The molecule has 3 aliphatic rings. The summed E-state index contributed by atoms with van der Waals surface area (Å²) in [5, 5.41) is 9.79. The summed E-state index contributed by atoms with van der Waals surface area (Å²) in [5.41, 5.74) is 0.657. The first-order valence-corrected chi connectivity index (χ1v) is 13.3. The molecule has 3 saturated heterocycles. The molecule has 0 bridgehead atoms. The van der Waals surface area contributed by atoms with Crippen molar-refractivity contribution >= 4 is 34.7 Å². The van der Waals surface area contributed by atoms with Crippen LogP contribution in [0.5, 0.6) is 0 Å². The van der Waals surface area contributed by atoms with Gasteiger partial charge in [0.25, 0.3) is 0 Å². The Hall–Kier alpha value is -4.18. The lowest BCUT2D eigenvalue weighted by molar-refractivity contribution is -0.126. The van der Waals surface area contributed by atoms with E-state index in [1.165, 1.54) is 24.8 Å². The molecule has 3 fully saturated rings. The minimum atomic E-state index is -2.78. The van der Waals surface area contributed by atoms with E-state index in [-0.39, 0.29) is 24.4 Å². The number of carbonyl (C=O) groups excluding carboxylic acids is 2. The predicted octanol–water partition coefficient (Wildman–Crippen LogP) is 0.718. The van der Waals surface area contributed by atoms with Gasteiger partial charge in [-0.2, -0.15) is 23.8 Å². The van der Waals surface area contributed by atoms with E-state index in [2.05, 4.69) is 37.3 Å². The van der Waals surface area contributed by atoms with Gasteiger partial charge in [-0.15, -0.1) is 0 Å². The average molecular weight is 573 g/mol. The van der Waals surface area contributed by atoms with E-state index in [1.54, 1.807) is 9.47 Å². The van der Waals surface area contributed by atoms with Crippen LogP contribution in [0.25, 0.3) is 16.9 Å². The molecule has 3 aliphatic heterocycles. The molecule has 0 saturated carbocycles. The first kappa shape index (κ1) is 27.0. The highest BCUT2D eigenvalue weighted by molar-refractivity contribution is 5.89. The largest absolute Gasteiger partial charge is 0.378 e. The summed E-state index contributed by atoms with van der Waals surface area (Å²) in [4.78, 5) is 42.3. The first-order valence-electron chi connectivity index (χ1n) is 13.3. The number of nitrogens with one attached hydrogen (secondary N) is 2. The number of halogens is 2. The number of likely N-dealkylation sites (tertiary alicyclic amines) is 1. The Morgan fingerprint density at radius 3 is 2.83 bits per heavy atom. The minimum absolute atomic E-state index is 0.0879. The summed E-state index contributed by atoms with van der Waals surface area (Å²) in [7, 11) is 0. The molecular weight excluding hydrogens is 542 g/mol. The quantitative estimate of drug-likeness (QED) is 0.371. The maximum Gasteiger partial charge on any atom is 0.333 e. The van der Waals surface area contributed by atoms with Gasteiger partial charge in [0, 0.05) is 26.1 Å². The second-order valence-corrected chi connectivity index (χ2v) is 10.2. The average Bonchev–Trinajstić information content (AvgIpc) is 3.78. The van der Waals surface area contributed by atoms with Gasteiger partial charge in [-0.25, -0.2) is 9.67 Å². The Labute approximate surface area is 233 Å². The van der Waals surface area contributed by atoms with E-state index in [1.807, 2.05) is 4.90 Å². The molecular formula is C25H30F2N10O4. The SMILES string of the molecule is C=CC(=O)N1CCC2(CC(NC(=O)CNc3nc(N4CCOCC4)nc4c3ncn4-c3cnn(C(F)F)c3)CO2)C1. The van der Waals surface area contributed by atoms with Crippen LogP contribution >= 0.6 is 0 Å². The van der Waals surface area contributed by atoms with Gasteiger partial charge in [0.1, 0.15) is 6.33 Å². The molecule has 14 nitrogen and oxygen atoms in total. The third-order valence-electron chi connectivity index (χ3n) is 7.54. The third kappa shape index (κ3) is 5.44. The molecule has 1 spiro atoms. The zero-order valence-electron chi connectivity index (χ0n) is 22.2. The Morgan fingerprint density at radius 2 is 2.07 bits per heavy atom. The maximum atomic E-state index is 13.1. The fourth-order valence-electron chi connectivity index (χ4n) is 5.49. The van der Waals surface area contributed by atoms with Crippen LogP contribution in [0, 0.1) is 0 Å². The Morgan fingerprint density at radius 1 is 1.24 bits per heavy atom. The number of imidazole rings is 1. The lowest BCUT2D eigenvalue weighted by Crippen LogP contribution is -2.40. The Kier molecular flexibility index (Phi) is 7.25. The molecule has 3 aromatic rings. The zero-order chi connectivity index (χ0) is 28.6. The van der Waals surface area contributed by atoms with E-state index in [0.29, 0.717) is 92.1 Å². The molecule has 0 aromatic carbocycles. The van der Waals surface area contributed by atoms with Gasteiger partial charge >= 0.3 is 6.55 Å². The standard InChI is InChI=1S/C25H30F2N10O4/c1-2-19(39)35-4-3-25(14-35)9-16(13-41-25)31-18(38)11-28-21-20-22(33-24(32-21)34-5-7-40-8-6-34)36(15-29-20)17-10-30-37(12-17)23(26)27/h2,10,12,15-16,23H,1,3-9,11,13-14H2,(H,31,38)(H,28,32,33). The molecule has 16 heteroatoms. The van der Waals surface area contributed by atoms with Gasteiger partial charge in [-0.05, 0) is 12.5 Å². The lowest BCUT2D eigenvalue weighted by atomic mass is 9.97. The van der Waals surface area contributed by atoms with Crippen molar-refractivity contribution in [1.82, 2.24) is 39.5 Å². The lowest BCUT2D eigenvalue weighted by Gasteiger charge is -2.27. The molecule has 3 aromatic heterocycles. The summed E-state index contributed by atoms with van der Waals surface area (Å²) in [6, 6.07) is -0.192. The molecule has 6 rings (SSSR count). The van der Waals surface area contributed by atoms with Crippen molar-refractivity contribution in [2.24, 2.45) is 0 Å². The normalized spacial score (nSPS) is 22.7. The summed E-state index contributed by atoms with van der Waals surface area (Å²) in [6.07, 6.45) is 6.58. The number of morpholine rings is 1. The number of alkyl halides is 2. The highest BCUT2D eigenvalue weighted by Gasteiger charge is 2.46. The molecule has 218 valence electrons. The molecule has 2 amide bonds. The molecule has 2 atom stereocenters. The zero-order valence-corrected chi connectivity index (χ0v) is 22.2. The van der Waals surface area contributed by atoms with Crippen molar-refractivity contribution in [1.29, 1.82) is 0 Å². The fraction of sp³-hybridized carbons (Fsp3) is 0.520. The van der Waals surface area contributed by atoms with Crippen LogP contribution in [0.3, 0.4) is 0 Å². The van der Waals surface area contributed by atoms with Crippen LogP contribution < -0.4 is 15.5 Å². The number of nitrogens with zero attached hydrogens (tertiary/aromatic N) is 8. The third-order valence-corrected chi connectivity index (χ3v) is 7.54. The second kappa shape index (κ2) is 11.0. The van der Waals surface area contributed by atoms with Crippen molar-refractivity contribution in [3.8, 4) is 5.69 Å². The van der Waals surface area contributed by atoms with E-state index < -0.39 is 12.2 Å². The van der Waals surface area contributed by atoms with E-state index in [9.17, 15) is 18.4 Å². The van der Waals surface area contributed by atoms with Gasteiger partial charge in [-0.1, -0.05) is 6.58 Å². The molecule has 2 N–H and O–H groups in total. The molecule has 0 aliphatic carbocycles. The Balaban J connectivity index is 1.17. The monoisotopic (exact) mass is 572 g/mol. The van der Waals surface area contributed by atoms with Gasteiger partial charge < -0.3 is 29.9 Å². The highest BCUT2D eigenvalue weighted by Crippen LogP contribution is 2.35. The molecule has 41 heavy (non-hydrogen) atoms. The molecule has 6 heterocycles. The predicted molar refractivity (Wildman–Crippen MR) is 142 cm³/mol. The van der Waals surface area contributed by atoms with Gasteiger partial charge in [-0.3, -0.25) is 14.2 Å². The number of carbonyl (C=O) groups is 2. The van der Waals surface area contributed by atoms with Crippen LogP contribution in [0.4, 0.5) is 20.5 Å². The van der Waals surface area contributed by atoms with Crippen molar-refractivity contribution in [2.75, 3.05) is 62.8 Å². The maximum absolute atomic E-state index is 13.1. The minimum Gasteiger partial charge on any atom is -0.378 e. The fourth-order valence-corrected chi connectivity index (χ4v) is 5.49. The van der Waals surface area contributed by atoms with Crippen LogP contribution in [0.1, 0.15) is 19.4 Å². The molecule has 0 radical (unpaired) electrons. The van der Waals surface area contributed by atoms with E-state index in [4.69, 9.17) is 9.47 Å². The van der Waals surface area contributed by atoms with Crippen LogP contribution in [0.15, 0.2) is 31.4 Å². The number of rotatable bonds is 8. The van der Waals surface area contributed by atoms with Gasteiger partial charge in [0.05, 0.1) is 62.6 Å². The van der Waals surface area contributed by atoms with Crippen molar-refractivity contribution < 1.29 is 27.8 Å². The van der Waals surface area contributed by atoms with Crippen LogP contribution in [0.2, 0.25) is 0 Å². The summed E-state index contributed by atoms with van der Waals surface area (Å²) >= 11 is 0. The van der Waals surface area contributed by atoms with Crippen molar-refractivity contribution in [2.45, 2.75) is 31.0 Å². The van der Waals surface area contributed by atoms with Crippen LogP contribution in [-0.4, -0.2) is 110 Å². The smallest absolute Gasteiger partial charge is 0.333 e. The number of hydrogen-bond acceptors (Lipinski definition) is 10.